The zero-order chi connectivity index (χ0) is 14.0. The molecule has 1 fully saturated rings. The van der Waals surface area contributed by atoms with Crippen molar-refractivity contribution in [2.24, 2.45) is 0 Å². The number of likely N-dealkylation sites (tertiary alicyclic amines) is 1. The Hall–Kier alpha value is -2.04. The summed E-state index contributed by atoms with van der Waals surface area (Å²) in [6, 6.07) is 6.38. The molecule has 2 amide bonds. The second-order valence-electron chi connectivity index (χ2n) is 4.87. The number of rotatable bonds is 3. The molecule has 0 aliphatic carbocycles. The molecular weight excluding hydrogens is 244 g/mol. The first kappa shape index (κ1) is 13.4. The van der Waals surface area contributed by atoms with Crippen molar-refractivity contribution in [2.45, 2.75) is 18.9 Å². The van der Waals surface area contributed by atoms with E-state index >= 15 is 0 Å². The van der Waals surface area contributed by atoms with Crippen molar-refractivity contribution in [3.63, 3.8) is 0 Å². The maximum atomic E-state index is 12.1. The first-order valence-corrected chi connectivity index (χ1v) is 6.28. The van der Waals surface area contributed by atoms with E-state index in [0.717, 1.165) is 0 Å². The summed E-state index contributed by atoms with van der Waals surface area (Å²) in [5.41, 5.74) is 0.582. The molecule has 0 aromatic heterocycles. The molecular formula is C14H18N2O3. The average Bonchev–Trinajstić information content (AvgIpc) is 2.72. The summed E-state index contributed by atoms with van der Waals surface area (Å²) in [7, 11) is 3.38. The van der Waals surface area contributed by atoms with Crippen LogP contribution in [0.25, 0.3) is 0 Å². The third-order valence-corrected chi connectivity index (χ3v) is 3.59. The third-order valence-electron chi connectivity index (χ3n) is 3.59. The van der Waals surface area contributed by atoms with Crippen LogP contribution < -0.4 is 0 Å². The molecule has 0 saturated carbocycles. The maximum absolute atomic E-state index is 12.1. The summed E-state index contributed by atoms with van der Waals surface area (Å²) in [6.45, 7) is 0.678. The minimum atomic E-state index is -0.372. The minimum Gasteiger partial charge on any atom is -0.508 e. The van der Waals surface area contributed by atoms with Crippen LogP contribution in [0.15, 0.2) is 24.3 Å². The average molecular weight is 262 g/mol. The van der Waals surface area contributed by atoms with E-state index < -0.39 is 0 Å². The Morgan fingerprint density at radius 2 is 2.16 bits per heavy atom. The van der Waals surface area contributed by atoms with Gasteiger partial charge in [-0.05, 0) is 12.5 Å². The minimum absolute atomic E-state index is 0.0202. The van der Waals surface area contributed by atoms with E-state index in [9.17, 15) is 14.7 Å². The number of likely N-dealkylation sites (N-methyl/N-ethyl adjacent to an activating group) is 2. The van der Waals surface area contributed by atoms with Gasteiger partial charge in [-0.1, -0.05) is 18.2 Å². The highest BCUT2D eigenvalue weighted by molar-refractivity contribution is 5.89. The Labute approximate surface area is 112 Å². The molecule has 5 heteroatoms. The second kappa shape index (κ2) is 5.30. The first-order chi connectivity index (χ1) is 9.00. The van der Waals surface area contributed by atoms with Crippen LogP contribution in [0, 0.1) is 0 Å². The molecule has 0 radical (unpaired) electrons. The lowest BCUT2D eigenvalue weighted by molar-refractivity contribution is -0.139. The lowest BCUT2D eigenvalue weighted by Crippen LogP contribution is -2.42. The van der Waals surface area contributed by atoms with Gasteiger partial charge in [-0.15, -0.1) is 0 Å². The van der Waals surface area contributed by atoms with Gasteiger partial charge in [-0.2, -0.15) is 0 Å². The summed E-state index contributed by atoms with van der Waals surface area (Å²) in [5, 5.41) is 9.65. The quantitative estimate of drug-likeness (QED) is 0.869. The molecule has 1 unspecified atom stereocenters. The predicted molar refractivity (Wildman–Crippen MR) is 70.6 cm³/mol. The van der Waals surface area contributed by atoms with Crippen LogP contribution in [0.2, 0.25) is 0 Å². The topological polar surface area (TPSA) is 60.9 Å². The Morgan fingerprint density at radius 1 is 1.47 bits per heavy atom. The number of hydrogen-bond donors (Lipinski definition) is 1. The van der Waals surface area contributed by atoms with Gasteiger partial charge in [0.15, 0.2) is 0 Å². The number of aromatic hydroxyl groups is 1. The Balaban J connectivity index is 2.04. The van der Waals surface area contributed by atoms with E-state index in [2.05, 4.69) is 0 Å². The molecule has 1 aliphatic rings. The van der Waals surface area contributed by atoms with Crippen LogP contribution in [0.4, 0.5) is 0 Å². The molecule has 1 heterocycles. The Bertz CT molecular complexity index is 501. The fourth-order valence-corrected chi connectivity index (χ4v) is 2.29. The molecule has 5 nitrogen and oxygen atoms in total. The Morgan fingerprint density at radius 3 is 2.74 bits per heavy atom. The van der Waals surface area contributed by atoms with Gasteiger partial charge in [0.2, 0.25) is 11.8 Å². The van der Waals surface area contributed by atoms with E-state index in [0.29, 0.717) is 18.5 Å². The van der Waals surface area contributed by atoms with E-state index in [-0.39, 0.29) is 30.0 Å². The van der Waals surface area contributed by atoms with Crippen molar-refractivity contribution in [3.05, 3.63) is 29.8 Å². The summed E-state index contributed by atoms with van der Waals surface area (Å²) >= 11 is 0. The van der Waals surface area contributed by atoms with Crippen molar-refractivity contribution >= 4 is 11.8 Å². The monoisotopic (exact) mass is 262 g/mol. The molecule has 102 valence electrons. The standard InChI is InChI=1S/C14H18N2O3/c1-15-8-7-11(14(15)19)16(2)13(18)9-10-5-3-4-6-12(10)17/h3-6,11,17H,7-9H2,1-2H3. The first-order valence-electron chi connectivity index (χ1n) is 6.28. The molecule has 2 rings (SSSR count). The molecule has 0 bridgehead atoms. The maximum Gasteiger partial charge on any atom is 0.245 e. The molecule has 19 heavy (non-hydrogen) atoms. The number of benzene rings is 1. The van der Waals surface area contributed by atoms with Crippen molar-refractivity contribution in [1.29, 1.82) is 0 Å². The number of phenols is 1. The van der Waals surface area contributed by atoms with Gasteiger partial charge in [-0.25, -0.2) is 0 Å². The van der Waals surface area contributed by atoms with E-state index in [4.69, 9.17) is 0 Å². The summed E-state index contributed by atoms with van der Waals surface area (Å²) in [4.78, 5) is 27.1. The number of amides is 2. The number of para-hydroxylation sites is 1. The second-order valence-corrected chi connectivity index (χ2v) is 4.87. The van der Waals surface area contributed by atoms with Crippen molar-refractivity contribution < 1.29 is 14.7 Å². The molecule has 1 aromatic rings. The lowest BCUT2D eigenvalue weighted by atomic mass is 10.1. The molecule has 1 aromatic carbocycles. The van der Waals surface area contributed by atoms with Gasteiger partial charge in [0.1, 0.15) is 11.8 Å². The number of carbonyl (C=O) groups excluding carboxylic acids is 2. The van der Waals surface area contributed by atoms with Gasteiger partial charge in [0.25, 0.3) is 0 Å². The molecule has 1 N–H and O–H groups in total. The molecule has 1 saturated heterocycles. The van der Waals surface area contributed by atoms with Crippen LogP contribution in [0.3, 0.4) is 0 Å². The molecule has 1 atom stereocenters. The van der Waals surface area contributed by atoms with Crippen LogP contribution in [-0.2, 0) is 16.0 Å². The van der Waals surface area contributed by atoms with Crippen LogP contribution in [0.5, 0.6) is 5.75 Å². The Kier molecular flexibility index (Phi) is 3.74. The van der Waals surface area contributed by atoms with E-state index in [1.54, 1.807) is 43.3 Å². The van der Waals surface area contributed by atoms with Crippen molar-refractivity contribution in [3.8, 4) is 5.75 Å². The van der Waals surface area contributed by atoms with Gasteiger partial charge < -0.3 is 14.9 Å². The molecule has 0 spiro atoms. The highest BCUT2D eigenvalue weighted by Gasteiger charge is 2.34. The highest BCUT2D eigenvalue weighted by atomic mass is 16.3. The number of hydrogen-bond acceptors (Lipinski definition) is 3. The lowest BCUT2D eigenvalue weighted by Gasteiger charge is -2.23. The SMILES string of the molecule is CN1CCC(N(C)C(=O)Cc2ccccc2O)C1=O. The number of phenolic OH excluding ortho intramolecular Hbond substituents is 1. The summed E-state index contributed by atoms with van der Waals surface area (Å²) < 4.78 is 0. The fourth-order valence-electron chi connectivity index (χ4n) is 2.29. The summed E-state index contributed by atoms with van der Waals surface area (Å²) in [6.07, 6.45) is 0.773. The number of carbonyl (C=O) groups is 2. The van der Waals surface area contributed by atoms with Gasteiger partial charge in [0.05, 0.1) is 6.42 Å². The smallest absolute Gasteiger partial charge is 0.245 e. The van der Waals surface area contributed by atoms with Crippen molar-refractivity contribution in [2.75, 3.05) is 20.6 Å². The van der Waals surface area contributed by atoms with Gasteiger partial charge in [-0.3, -0.25) is 9.59 Å². The van der Waals surface area contributed by atoms with Gasteiger partial charge >= 0.3 is 0 Å². The largest absolute Gasteiger partial charge is 0.508 e. The predicted octanol–water partition coefficient (Wildman–Crippen LogP) is 0.624. The van der Waals surface area contributed by atoms with Crippen molar-refractivity contribution in [1.82, 2.24) is 9.80 Å². The normalized spacial score (nSPS) is 18.7. The summed E-state index contributed by atoms with van der Waals surface area (Å²) in [5.74, 6) is -0.0672. The highest BCUT2D eigenvalue weighted by Crippen LogP contribution is 2.19. The van der Waals surface area contributed by atoms with Crippen LogP contribution in [-0.4, -0.2) is 53.4 Å². The third kappa shape index (κ3) is 2.70. The van der Waals surface area contributed by atoms with Gasteiger partial charge in [0, 0.05) is 26.2 Å². The van der Waals surface area contributed by atoms with Crippen LogP contribution in [0.1, 0.15) is 12.0 Å². The van der Waals surface area contributed by atoms with E-state index in [1.165, 1.54) is 4.90 Å². The zero-order valence-electron chi connectivity index (χ0n) is 11.2. The van der Waals surface area contributed by atoms with Crippen LogP contribution >= 0.6 is 0 Å². The molecule has 1 aliphatic heterocycles. The van der Waals surface area contributed by atoms with E-state index in [1.807, 2.05) is 0 Å². The number of nitrogens with zero attached hydrogens (tertiary/aromatic N) is 2. The zero-order valence-corrected chi connectivity index (χ0v) is 11.2. The fraction of sp³-hybridized carbons (Fsp3) is 0.429.